The van der Waals surface area contributed by atoms with Crippen LogP contribution in [0, 0.1) is 17.1 Å². The zero-order valence-electron chi connectivity index (χ0n) is 21.1. The van der Waals surface area contributed by atoms with Crippen LogP contribution in [-0.2, 0) is 14.3 Å². The number of rotatable bonds is 7. The van der Waals surface area contributed by atoms with Crippen LogP contribution in [0.4, 0.5) is 29.5 Å². The van der Waals surface area contributed by atoms with Gasteiger partial charge in [0, 0.05) is 41.4 Å². The highest BCUT2D eigenvalue weighted by Crippen LogP contribution is 2.39. The molecule has 2 atom stereocenters. The standard InChI is InChI=1S/C28H21ClF3N5O4.CH4/c29-21-7-2-1-6-20(21)24(25(38)35-18-12-28(31,32)13-18)36(19-5-3-4-17(30)11-19)26(39)22-15-41-27(40)37(22)23-10-16(14-33)8-9-34-23;/h1-11,18,22,24H,12-13,15H2,(H,35,38);1H4/t22-,24-;/m0./s1. The number of anilines is 2. The predicted octanol–water partition coefficient (Wildman–Crippen LogP) is 5.40. The molecule has 2 aromatic carbocycles. The van der Waals surface area contributed by atoms with Gasteiger partial charge < -0.3 is 10.1 Å². The molecule has 1 N–H and O–H groups in total. The first-order valence-corrected chi connectivity index (χ1v) is 12.8. The van der Waals surface area contributed by atoms with Gasteiger partial charge in [-0.2, -0.15) is 5.26 Å². The lowest BCUT2D eigenvalue weighted by Gasteiger charge is -2.39. The Kier molecular flexibility index (Phi) is 8.72. The number of nitrogens with zero attached hydrogens (tertiary/aromatic N) is 4. The molecule has 42 heavy (non-hydrogen) atoms. The summed E-state index contributed by atoms with van der Waals surface area (Å²) in [4.78, 5) is 46.9. The van der Waals surface area contributed by atoms with E-state index in [2.05, 4.69) is 10.3 Å². The van der Waals surface area contributed by atoms with Crippen molar-refractivity contribution in [2.45, 2.75) is 44.3 Å². The Morgan fingerprint density at radius 2 is 1.90 bits per heavy atom. The molecule has 2 fully saturated rings. The Balaban J connectivity index is 0.00000405. The molecule has 2 heterocycles. The van der Waals surface area contributed by atoms with Crippen molar-refractivity contribution in [3.05, 3.63) is 88.8 Å². The zero-order valence-corrected chi connectivity index (χ0v) is 21.9. The van der Waals surface area contributed by atoms with E-state index in [0.29, 0.717) is 0 Å². The Morgan fingerprint density at radius 1 is 1.17 bits per heavy atom. The van der Waals surface area contributed by atoms with E-state index in [4.69, 9.17) is 16.3 Å². The minimum atomic E-state index is -2.93. The zero-order chi connectivity index (χ0) is 29.3. The number of carbonyl (C=O) groups is 3. The number of hydrogen-bond acceptors (Lipinski definition) is 6. The largest absolute Gasteiger partial charge is 0.446 e. The van der Waals surface area contributed by atoms with Gasteiger partial charge >= 0.3 is 6.09 Å². The Morgan fingerprint density at radius 3 is 2.57 bits per heavy atom. The van der Waals surface area contributed by atoms with Gasteiger partial charge in [-0.15, -0.1) is 0 Å². The Hall–Kier alpha value is -4.63. The fraction of sp³-hybridized carbons (Fsp3) is 0.276. The summed E-state index contributed by atoms with van der Waals surface area (Å²) in [6.45, 7) is -0.451. The van der Waals surface area contributed by atoms with Crippen LogP contribution in [-0.4, -0.2) is 47.5 Å². The van der Waals surface area contributed by atoms with Crippen LogP contribution >= 0.6 is 11.6 Å². The molecular formula is C29H25ClF3N5O4. The quantitative estimate of drug-likeness (QED) is 0.389. The molecule has 1 aliphatic carbocycles. The normalized spacial score (nSPS) is 18.1. The minimum absolute atomic E-state index is 0. The van der Waals surface area contributed by atoms with Crippen molar-refractivity contribution < 1.29 is 32.3 Å². The summed E-state index contributed by atoms with van der Waals surface area (Å²) in [6, 6.07) is 11.8. The molecule has 9 nitrogen and oxygen atoms in total. The van der Waals surface area contributed by atoms with Crippen molar-refractivity contribution in [1.82, 2.24) is 10.3 Å². The molecule has 3 aromatic rings. The van der Waals surface area contributed by atoms with Gasteiger partial charge in [-0.05, 0) is 36.4 Å². The topological polar surface area (TPSA) is 116 Å². The average Bonchev–Trinajstić information content (AvgIpc) is 3.32. The van der Waals surface area contributed by atoms with Crippen LogP contribution in [0.2, 0.25) is 5.02 Å². The monoisotopic (exact) mass is 599 g/mol. The molecule has 0 unspecified atom stereocenters. The third-order valence-corrected chi connectivity index (χ3v) is 7.09. The average molecular weight is 600 g/mol. The van der Waals surface area contributed by atoms with Crippen molar-refractivity contribution >= 4 is 41.0 Å². The molecule has 0 bridgehead atoms. The van der Waals surface area contributed by atoms with E-state index < -0.39 is 67.2 Å². The fourth-order valence-corrected chi connectivity index (χ4v) is 5.04. The van der Waals surface area contributed by atoms with Gasteiger partial charge in [-0.3, -0.25) is 14.5 Å². The van der Waals surface area contributed by atoms with Gasteiger partial charge in [0.2, 0.25) is 5.91 Å². The van der Waals surface area contributed by atoms with E-state index in [9.17, 15) is 32.8 Å². The number of amides is 3. The maximum absolute atomic E-state index is 14.5. The van der Waals surface area contributed by atoms with Crippen molar-refractivity contribution in [2.24, 2.45) is 0 Å². The van der Waals surface area contributed by atoms with Gasteiger partial charge in [0.25, 0.3) is 11.8 Å². The second kappa shape index (κ2) is 12.1. The highest BCUT2D eigenvalue weighted by molar-refractivity contribution is 6.31. The van der Waals surface area contributed by atoms with Crippen LogP contribution in [0.25, 0.3) is 0 Å². The number of carbonyl (C=O) groups excluding carboxylic acids is 3. The highest BCUT2D eigenvalue weighted by Gasteiger charge is 2.49. The molecule has 3 amide bonds. The summed E-state index contributed by atoms with van der Waals surface area (Å²) >= 11 is 6.46. The summed E-state index contributed by atoms with van der Waals surface area (Å²) < 4.78 is 46.8. The van der Waals surface area contributed by atoms with E-state index in [0.717, 1.165) is 21.9 Å². The molecule has 0 radical (unpaired) electrons. The maximum Gasteiger partial charge on any atom is 0.416 e. The van der Waals surface area contributed by atoms with E-state index in [1.165, 1.54) is 42.6 Å². The summed E-state index contributed by atoms with van der Waals surface area (Å²) in [5.74, 6) is -5.42. The third kappa shape index (κ3) is 6.01. The number of benzene rings is 2. The molecule has 5 rings (SSSR count). The second-order valence-electron chi connectivity index (χ2n) is 9.56. The SMILES string of the molecule is C.N#Cc1ccnc(N2C(=O)OC[C@H]2C(=O)N(c2cccc(F)c2)[C@H](C(=O)NC2CC(F)(F)C2)c2ccccc2Cl)c1. The van der Waals surface area contributed by atoms with Crippen molar-refractivity contribution in [3.63, 3.8) is 0 Å². The molecular weight excluding hydrogens is 575 g/mol. The first-order chi connectivity index (χ1) is 19.6. The van der Waals surface area contributed by atoms with Gasteiger partial charge in [0.05, 0.1) is 11.6 Å². The number of ether oxygens (including phenoxy) is 1. The van der Waals surface area contributed by atoms with Crippen LogP contribution < -0.4 is 15.1 Å². The van der Waals surface area contributed by atoms with Crippen molar-refractivity contribution in [1.29, 1.82) is 5.26 Å². The first kappa shape index (κ1) is 30.3. The second-order valence-corrected chi connectivity index (χ2v) is 9.97. The summed E-state index contributed by atoms with van der Waals surface area (Å²) in [6.07, 6.45) is -0.816. The number of alkyl halides is 2. The fourth-order valence-electron chi connectivity index (χ4n) is 4.80. The number of pyridine rings is 1. The molecule has 1 aromatic heterocycles. The van der Waals surface area contributed by atoms with E-state index >= 15 is 0 Å². The predicted molar refractivity (Wildman–Crippen MR) is 147 cm³/mol. The third-order valence-electron chi connectivity index (χ3n) is 6.75. The van der Waals surface area contributed by atoms with Crippen molar-refractivity contribution in [3.8, 4) is 6.07 Å². The van der Waals surface area contributed by atoms with E-state index in [1.807, 2.05) is 6.07 Å². The Labute approximate surface area is 244 Å². The van der Waals surface area contributed by atoms with E-state index in [-0.39, 0.29) is 35.1 Å². The number of aromatic nitrogens is 1. The molecule has 1 aliphatic heterocycles. The summed E-state index contributed by atoms with van der Waals surface area (Å²) in [5.41, 5.74) is 0.234. The number of nitriles is 1. The first-order valence-electron chi connectivity index (χ1n) is 12.4. The molecule has 1 saturated carbocycles. The number of hydrogen-bond donors (Lipinski definition) is 1. The van der Waals surface area contributed by atoms with Gasteiger partial charge in [-0.25, -0.2) is 27.8 Å². The lowest BCUT2D eigenvalue weighted by molar-refractivity contribution is -0.133. The summed E-state index contributed by atoms with van der Waals surface area (Å²) in [5, 5.41) is 11.9. The molecule has 1 saturated heterocycles. The van der Waals surface area contributed by atoms with Crippen LogP contribution in [0.15, 0.2) is 66.9 Å². The molecule has 0 spiro atoms. The smallest absolute Gasteiger partial charge is 0.416 e. The maximum atomic E-state index is 14.5. The van der Waals surface area contributed by atoms with Gasteiger partial charge in [0.1, 0.15) is 24.3 Å². The number of halogens is 4. The van der Waals surface area contributed by atoms with Crippen LogP contribution in [0.5, 0.6) is 0 Å². The lowest BCUT2D eigenvalue weighted by Crippen LogP contribution is -2.56. The molecule has 218 valence electrons. The lowest BCUT2D eigenvalue weighted by atomic mass is 9.87. The number of nitrogens with one attached hydrogen (secondary N) is 1. The van der Waals surface area contributed by atoms with Crippen molar-refractivity contribution in [2.75, 3.05) is 16.4 Å². The minimum Gasteiger partial charge on any atom is -0.446 e. The van der Waals surface area contributed by atoms with Crippen LogP contribution in [0.3, 0.4) is 0 Å². The van der Waals surface area contributed by atoms with Crippen LogP contribution in [0.1, 0.15) is 37.4 Å². The molecule has 13 heteroatoms. The summed E-state index contributed by atoms with van der Waals surface area (Å²) in [7, 11) is 0. The van der Waals surface area contributed by atoms with E-state index in [1.54, 1.807) is 12.1 Å². The number of cyclic esters (lactones) is 1. The highest BCUT2D eigenvalue weighted by atomic mass is 35.5. The Bertz CT molecular complexity index is 1560. The molecule has 2 aliphatic rings. The van der Waals surface area contributed by atoms with Gasteiger partial charge in [0.15, 0.2) is 6.04 Å². The van der Waals surface area contributed by atoms with Gasteiger partial charge in [-0.1, -0.05) is 43.3 Å².